The van der Waals surface area contributed by atoms with Crippen molar-refractivity contribution in [2.24, 2.45) is 5.84 Å². The molecule has 0 aliphatic rings. The smallest absolute Gasteiger partial charge is 0.275 e. The number of rotatable bonds is 9. The Balaban J connectivity index is 2.18. The number of nitrogens with one attached hydrogen (secondary N) is 4. The van der Waals surface area contributed by atoms with E-state index in [1.807, 2.05) is 27.9 Å². The van der Waals surface area contributed by atoms with Crippen molar-refractivity contribution in [3.05, 3.63) is 53.0 Å². The van der Waals surface area contributed by atoms with E-state index < -0.39 is 0 Å². The van der Waals surface area contributed by atoms with E-state index in [0.29, 0.717) is 23.8 Å². The number of anilines is 1. The van der Waals surface area contributed by atoms with Crippen LogP contribution >= 0.6 is 0 Å². The maximum absolute atomic E-state index is 12.7. The van der Waals surface area contributed by atoms with E-state index in [2.05, 4.69) is 25.9 Å². The molecule has 2 aromatic heterocycles. The molecule has 0 spiro atoms. The van der Waals surface area contributed by atoms with Gasteiger partial charge in [-0.05, 0) is 70.2 Å². The zero-order valence-corrected chi connectivity index (χ0v) is 17.4. The topological polar surface area (TPSA) is 132 Å². The first-order chi connectivity index (χ1) is 13.9. The molecule has 29 heavy (non-hydrogen) atoms. The number of carbonyl (C=O) groups excluding carboxylic acids is 1. The molecule has 0 fully saturated rings. The van der Waals surface area contributed by atoms with E-state index in [1.165, 1.54) is 5.01 Å². The molecule has 9 nitrogen and oxygen atoms in total. The van der Waals surface area contributed by atoms with Crippen LogP contribution in [0.4, 0.5) is 5.82 Å². The Morgan fingerprint density at radius 3 is 2.62 bits per heavy atom. The molecule has 0 unspecified atom stereocenters. The van der Waals surface area contributed by atoms with Gasteiger partial charge in [0.1, 0.15) is 17.2 Å². The molecular weight excluding hydrogens is 368 g/mol. The first kappa shape index (κ1) is 22.4. The Bertz CT molecular complexity index is 852. The summed E-state index contributed by atoms with van der Waals surface area (Å²) in [5.41, 5.74) is 2.82. The van der Waals surface area contributed by atoms with Gasteiger partial charge in [0, 0.05) is 18.8 Å². The zero-order valence-electron chi connectivity index (χ0n) is 17.4. The van der Waals surface area contributed by atoms with Gasteiger partial charge < -0.3 is 16.0 Å². The molecule has 6 N–H and O–H groups in total. The van der Waals surface area contributed by atoms with Crippen molar-refractivity contribution in [2.75, 3.05) is 26.0 Å². The van der Waals surface area contributed by atoms with Gasteiger partial charge in [0.05, 0.1) is 0 Å². The second-order valence-electron chi connectivity index (χ2n) is 6.93. The third-order valence-electron chi connectivity index (χ3n) is 4.37. The van der Waals surface area contributed by atoms with Gasteiger partial charge in [-0.3, -0.25) is 20.2 Å². The number of nitrogens with two attached hydrogens (primary N) is 1. The lowest BCUT2D eigenvalue weighted by atomic mass is 10.1. The minimum Gasteiger partial charge on any atom is -0.319 e. The van der Waals surface area contributed by atoms with Crippen molar-refractivity contribution >= 4 is 17.6 Å². The van der Waals surface area contributed by atoms with Crippen LogP contribution in [-0.2, 0) is 13.0 Å². The minimum atomic E-state index is -0.354. The predicted octanol–water partition coefficient (Wildman–Crippen LogP) is 1.12. The van der Waals surface area contributed by atoms with E-state index in [9.17, 15) is 4.79 Å². The van der Waals surface area contributed by atoms with Crippen LogP contribution in [0.15, 0.2) is 30.5 Å². The Kier molecular flexibility index (Phi) is 8.20. The van der Waals surface area contributed by atoms with Crippen LogP contribution in [0.5, 0.6) is 0 Å². The number of amides is 1. The third-order valence-corrected chi connectivity index (χ3v) is 4.37. The highest BCUT2D eigenvalue weighted by Crippen LogP contribution is 2.13. The highest BCUT2D eigenvalue weighted by molar-refractivity contribution is 6.03. The Morgan fingerprint density at radius 2 is 1.97 bits per heavy atom. The number of likely N-dealkylation sites (N-methyl/N-ethyl adjacent to an activating group) is 1. The third kappa shape index (κ3) is 6.05. The van der Waals surface area contributed by atoms with Gasteiger partial charge in [-0.25, -0.2) is 10.8 Å². The Labute approximate surface area is 171 Å². The summed E-state index contributed by atoms with van der Waals surface area (Å²) in [6.07, 6.45) is 2.58. The number of hydrogen-bond acceptors (Lipinski definition) is 7. The molecule has 0 atom stereocenters. The van der Waals surface area contributed by atoms with Crippen LogP contribution < -0.4 is 21.8 Å². The van der Waals surface area contributed by atoms with Crippen LogP contribution in [-0.4, -0.2) is 53.4 Å². The number of amidine groups is 1. The first-order valence-electron chi connectivity index (χ1n) is 9.55. The molecule has 0 saturated heterocycles. The van der Waals surface area contributed by atoms with Crippen LogP contribution in [0.3, 0.4) is 0 Å². The van der Waals surface area contributed by atoms with E-state index in [0.717, 1.165) is 24.1 Å². The molecule has 1 amide bonds. The van der Waals surface area contributed by atoms with E-state index in [-0.39, 0.29) is 17.8 Å². The molecule has 0 saturated carbocycles. The number of aromatic nitrogens is 2. The quantitative estimate of drug-likeness (QED) is 0.185. The second kappa shape index (κ2) is 10.6. The van der Waals surface area contributed by atoms with Crippen molar-refractivity contribution in [1.82, 2.24) is 25.6 Å². The zero-order chi connectivity index (χ0) is 21.4. The van der Waals surface area contributed by atoms with Gasteiger partial charge >= 0.3 is 0 Å². The molecule has 2 aromatic rings. The summed E-state index contributed by atoms with van der Waals surface area (Å²) in [6.45, 7) is 5.25. The molecule has 9 heteroatoms. The van der Waals surface area contributed by atoms with Gasteiger partial charge in [-0.1, -0.05) is 6.07 Å². The van der Waals surface area contributed by atoms with Crippen molar-refractivity contribution in [2.45, 2.75) is 32.9 Å². The molecule has 0 radical (unpaired) electrons. The van der Waals surface area contributed by atoms with E-state index in [4.69, 9.17) is 11.3 Å². The van der Waals surface area contributed by atoms with Crippen molar-refractivity contribution in [3.8, 4) is 0 Å². The molecule has 2 rings (SSSR count). The average molecular weight is 399 g/mol. The molecular formula is C20H30N8O. The number of carbonyl (C=O) groups is 1. The average Bonchev–Trinajstić information content (AvgIpc) is 2.72. The molecule has 2 heterocycles. The van der Waals surface area contributed by atoms with Gasteiger partial charge in [-0.15, -0.1) is 0 Å². The second-order valence-corrected chi connectivity index (χ2v) is 6.93. The largest absolute Gasteiger partial charge is 0.319 e. The molecule has 0 bridgehead atoms. The minimum absolute atomic E-state index is 0.0428. The van der Waals surface area contributed by atoms with Crippen LogP contribution in [0.1, 0.15) is 41.2 Å². The number of pyridine rings is 2. The fourth-order valence-corrected chi connectivity index (χ4v) is 2.70. The van der Waals surface area contributed by atoms with Crippen LogP contribution in [0.25, 0.3) is 0 Å². The summed E-state index contributed by atoms with van der Waals surface area (Å²) in [4.78, 5) is 21.3. The predicted molar refractivity (Wildman–Crippen MR) is 115 cm³/mol. The lowest BCUT2D eigenvalue weighted by molar-refractivity contribution is 0.102. The van der Waals surface area contributed by atoms with Crippen molar-refractivity contribution < 1.29 is 4.79 Å². The van der Waals surface area contributed by atoms with E-state index >= 15 is 0 Å². The number of nitrogens with zero attached hydrogens (tertiary/aromatic N) is 3. The van der Waals surface area contributed by atoms with Gasteiger partial charge in [0.2, 0.25) is 0 Å². The molecule has 0 aliphatic carbocycles. The molecule has 156 valence electrons. The maximum Gasteiger partial charge on any atom is 0.275 e. The lowest BCUT2D eigenvalue weighted by Gasteiger charge is -2.23. The molecule has 0 aliphatic heterocycles. The summed E-state index contributed by atoms with van der Waals surface area (Å²) in [6, 6.07) is 6.82. The summed E-state index contributed by atoms with van der Waals surface area (Å²) in [5, 5.41) is 18.5. The van der Waals surface area contributed by atoms with Gasteiger partial charge in [0.15, 0.2) is 5.84 Å². The highest BCUT2D eigenvalue weighted by Gasteiger charge is 2.15. The first-order valence-corrected chi connectivity index (χ1v) is 9.55. The SMILES string of the molecule is CNCCc1cnc(C(=O)Nc2cccc(C(=N)N(N)C(C)C)n2)cc1CNC. The van der Waals surface area contributed by atoms with Gasteiger partial charge in [0.25, 0.3) is 5.91 Å². The summed E-state index contributed by atoms with van der Waals surface area (Å²) in [7, 11) is 3.77. The Hall–Kier alpha value is -2.88. The van der Waals surface area contributed by atoms with E-state index in [1.54, 1.807) is 30.5 Å². The number of hydrogen-bond donors (Lipinski definition) is 5. The highest BCUT2D eigenvalue weighted by atomic mass is 16.1. The Morgan fingerprint density at radius 1 is 1.21 bits per heavy atom. The monoisotopic (exact) mass is 398 g/mol. The standard InChI is InChI=1S/C20H30N8O/c1-13(2)28(22)19(21)16-6-5-7-18(26-16)27-20(29)17-10-15(11-24-4)14(12-25-17)8-9-23-3/h5-7,10,12-13,21,23-24H,8-9,11,22H2,1-4H3,(H,26,27,29). The summed E-state index contributed by atoms with van der Waals surface area (Å²) >= 11 is 0. The normalized spacial score (nSPS) is 10.8. The molecule has 0 aromatic carbocycles. The van der Waals surface area contributed by atoms with Crippen LogP contribution in [0.2, 0.25) is 0 Å². The summed E-state index contributed by atoms with van der Waals surface area (Å²) < 4.78 is 0. The summed E-state index contributed by atoms with van der Waals surface area (Å²) in [5.74, 6) is 5.96. The van der Waals surface area contributed by atoms with Crippen molar-refractivity contribution in [3.63, 3.8) is 0 Å². The fourth-order valence-electron chi connectivity index (χ4n) is 2.70. The van der Waals surface area contributed by atoms with Crippen LogP contribution in [0, 0.1) is 5.41 Å². The van der Waals surface area contributed by atoms with Gasteiger partial charge in [-0.2, -0.15) is 0 Å². The lowest BCUT2D eigenvalue weighted by Crippen LogP contribution is -2.43. The van der Waals surface area contributed by atoms with Crippen molar-refractivity contribution in [1.29, 1.82) is 5.41 Å². The fraction of sp³-hybridized carbons (Fsp3) is 0.400. The maximum atomic E-state index is 12.7. The number of hydrazine groups is 1.